The third kappa shape index (κ3) is 2.98. The van der Waals surface area contributed by atoms with Gasteiger partial charge in [0.05, 0.1) is 7.11 Å². The molecule has 6 nitrogen and oxygen atoms in total. The fourth-order valence-corrected chi connectivity index (χ4v) is 1.61. The summed E-state index contributed by atoms with van der Waals surface area (Å²) in [5.74, 6) is 0.266. The molecule has 2 rings (SSSR count). The van der Waals surface area contributed by atoms with Gasteiger partial charge in [-0.25, -0.2) is 4.68 Å². The molecule has 0 aliphatic rings. The molecule has 0 saturated carbocycles. The van der Waals surface area contributed by atoms with Crippen LogP contribution in [0.25, 0.3) is 0 Å². The Bertz CT molecular complexity index is 715. The van der Waals surface area contributed by atoms with E-state index < -0.39 is 11.1 Å². The summed E-state index contributed by atoms with van der Waals surface area (Å²) < 4.78 is 6.00. The zero-order chi connectivity index (χ0) is 13.8. The predicted octanol–water partition coefficient (Wildman–Crippen LogP) is 0.428. The maximum Gasteiger partial charge on any atom is 0.265 e. The Morgan fingerprint density at radius 3 is 2.79 bits per heavy atom. The molecule has 0 saturated heterocycles. The number of aromatic nitrogens is 2. The number of H-pyrrole nitrogens is 1. The molecule has 0 atom stereocenters. The highest BCUT2D eigenvalue weighted by Crippen LogP contribution is 2.13. The topological polar surface area (TPSA) is 81.2 Å². The second kappa shape index (κ2) is 5.34. The Morgan fingerprint density at radius 1 is 1.26 bits per heavy atom. The van der Waals surface area contributed by atoms with Gasteiger partial charge in [0.1, 0.15) is 12.3 Å². The van der Waals surface area contributed by atoms with Crippen LogP contribution < -0.4 is 15.9 Å². The summed E-state index contributed by atoms with van der Waals surface area (Å²) in [6.07, 6.45) is 0. The fourth-order valence-electron chi connectivity index (χ4n) is 1.61. The van der Waals surface area contributed by atoms with Crippen LogP contribution in [0.1, 0.15) is 10.4 Å². The molecule has 1 N–H and O–H groups in total. The van der Waals surface area contributed by atoms with E-state index in [-0.39, 0.29) is 12.3 Å². The number of ketones is 1. The van der Waals surface area contributed by atoms with Gasteiger partial charge in [0.25, 0.3) is 11.1 Å². The van der Waals surface area contributed by atoms with E-state index in [4.69, 9.17) is 4.74 Å². The van der Waals surface area contributed by atoms with E-state index in [9.17, 15) is 14.4 Å². The van der Waals surface area contributed by atoms with E-state index in [2.05, 4.69) is 5.10 Å². The molecular formula is C13H12N2O4. The van der Waals surface area contributed by atoms with Gasteiger partial charge in [-0.1, -0.05) is 12.1 Å². The van der Waals surface area contributed by atoms with Crippen molar-refractivity contribution in [3.63, 3.8) is 0 Å². The number of hydrogen-bond acceptors (Lipinski definition) is 4. The first kappa shape index (κ1) is 12.8. The van der Waals surface area contributed by atoms with Crippen molar-refractivity contribution in [2.45, 2.75) is 6.54 Å². The Labute approximate surface area is 108 Å². The molecule has 0 aliphatic carbocycles. The maximum atomic E-state index is 12.0. The van der Waals surface area contributed by atoms with Crippen LogP contribution in [0.3, 0.4) is 0 Å². The third-order valence-electron chi connectivity index (χ3n) is 2.58. The van der Waals surface area contributed by atoms with Gasteiger partial charge in [-0.3, -0.25) is 19.5 Å². The van der Waals surface area contributed by atoms with Crippen LogP contribution in [0, 0.1) is 0 Å². The molecule has 0 bridgehead atoms. The van der Waals surface area contributed by atoms with Crippen LogP contribution in [-0.2, 0) is 6.54 Å². The largest absolute Gasteiger partial charge is 0.497 e. The Balaban J connectivity index is 2.28. The first-order valence-electron chi connectivity index (χ1n) is 5.57. The minimum atomic E-state index is -0.434. The van der Waals surface area contributed by atoms with Gasteiger partial charge in [0, 0.05) is 17.7 Å². The summed E-state index contributed by atoms with van der Waals surface area (Å²) in [5, 5.41) is 2.30. The monoisotopic (exact) mass is 260 g/mol. The number of carbonyl (C=O) groups excluding carboxylic acids is 1. The zero-order valence-corrected chi connectivity index (χ0v) is 10.3. The molecule has 19 heavy (non-hydrogen) atoms. The van der Waals surface area contributed by atoms with Crippen LogP contribution >= 0.6 is 0 Å². The Morgan fingerprint density at radius 2 is 2.05 bits per heavy atom. The van der Waals surface area contributed by atoms with Crippen LogP contribution in [0.2, 0.25) is 0 Å². The van der Waals surface area contributed by atoms with E-state index in [1.807, 2.05) is 0 Å². The normalized spacial score (nSPS) is 10.2. The molecule has 98 valence electrons. The Hall–Kier alpha value is -2.63. The number of aromatic amines is 1. The second-order valence-corrected chi connectivity index (χ2v) is 3.89. The Kier molecular flexibility index (Phi) is 3.61. The molecular weight excluding hydrogens is 248 g/mol. The van der Waals surface area contributed by atoms with Crippen molar-refractivity contribution >= 4 is 5.78 Å². The minimum Gasteiger partial charge on any atom is -0.497 e. The number of nitrogens with one attached hydrogen (secondary N) is 1. The summed E-state index contributed by atoms with van der Waals surface area (Å²) in [5.41, 5.74) is -0.454. The molecule has 0 amide bonds. The van der Waals surface area contributed by atoms with Crippen LogP contribution in [0.15, 0.2) is 46.0 Å². The van der Waals surface area contributed by atoms with E-state index >= 15 is 0 Å². The first-order valence-corrected chi connectivity index (χ1v) is 5.57. The van der Waals surface area contributed by atoms with Gasteiger partial charge < -0.3 is 4.74 Å². The smallest absolute Gasteiger partial charge is 0.265 e. The lowest BCUT2D eigenvalue weighted by molar-refractivity contribution is 0.0965. The summed E-state index contributed by atoms with van der Waals surface area (Å²) in [6.45, 7) is -0.220. The molecule has 0 spiro atoms. The van der Waals surface area contributed by atoms with Crippen molar-refractivity contribution < 1.29 is 9.53 Å². The third-order valence-corrected chi connectivity index (χ3v) is 2.58. The highest BCUT2D eigenvalue weighted by Gasteiger charge is 2.09. The number of carbonyl (C=O) groups is 1. The number of rotatable bonds is 4. The van der Waals surface area contributed by atoms with Crippen LogP contribution in [0.5, 0.6) is 5.75 Å². The van der Waals surface area contributed by atoms with E-state index in [1.54, 1.807) is 24.3 Å². The highest BCUT2D eigenvalue weighted by atomic mass is 16.5. The van der Waals surface area contributed by atoms with Gasteiger partial charge in [-0.2, -0.15) is 0 Å². The van der Waals surface area contributed by atoms with Gasteiger partial charge in [0.15, 0.2) is 5.78 Å². The fraction of sp³-hybridized carbons (Fsp3) is 0.154. The first-order chi connectivity index (χ1) is 9.10. The van der Waals surface area contributed by atoms with Crippen molar-refractivity contribution in [3.8, 4) is 5.75 Å². The maximum absolute atomic E-state index is 12.0. The van der Waals surface area contributed by atoms with Crippen molar-refractivity contribution in [1.82, 2.24) is 9.78 Å². The van der Waals surface area contributed by atoms with Crippen molar-refractivity contribution in [2.75, 3.05) is 7.11 Å². The second-order valence-electron chi connectivity index (χ2n) is 3.89. The predicted molar refractivity (Wildman–Crippen MR) is 68.6 cm³/mol. The molecule has 6 heteroatoms. The number of methoxy groups -OCH3 is 1. The number of ether oxygens (including phenoxy) is 1. The van der Waals surface area contributed by atoms with Crippen molar-refractivity contribution in [3.05, 3.63) is 62.7 Å². The molecule has 2 aromatic rings. The molecule has 0 aliphatic heterocycles. The van der Waals surface area contributed by atoms with Gasteiger partial charge in [-0.15, -0.1) is 0 Å². The zero-order valence-electron chi connectivity index (χ0n) is 10.3. The van der Waals surface area contributed by atoms with Gasteiger partial charge >= 0.3 is 0 Å². The number of hydrogen-bond donors (Lipinski definition) is 1. The standard InChI is InChI=1S/C13H12N2O4/c1-19-10-4-2-3-9(7-10)11(16)8-15-13(18)6-5-12(17)14-15/h2-7H,8H2,1H3,(H,14,17). The molecule has 1 heterocycles. The molecule has 0 unspecified atom stereocenters. The van der Waals surface area contributed by atoms with Crippen molar-refractivity contribution in [1.29, 1.82) is 0 Å². The van der Waals surface area contributed by atoms with Crippen LogP contribution in [0.4, 0.5) is 0 Å². The summed E-state index contributed by atoms with van der Waals surface area (Å²) >= 11 is 0. The number of Topliss-reactive ketones (excluding diaryl/α,β-unsaturated/α-hetero) is 1. The highest BCUT2D eigenvalue weighted by molar-refractivity contribution is 5.96. The lowest BCUT2D eigenvalue weighted by Crippen LogP contribution is -2.30. The van der Waals surface area contributed by atoms with E-state index in [1.165, 1.54) is 7.11 Å². The van der Waals surface area contributed by atoms with E-state index in [0.717, 1.165) is 16.8 Å². The molecule has 1 aromatic carbocycles. The average molecular weight is 260 g/mol. The van der Waals surface area contributed by atoms with Gasteiger partial charge in [-0.05, 0) is 12.1 Å². The minimum absolute atomic E-state index is 0.220. The number of nitrogens with zero attached hydrogens (tertiary/aromatic N) is 1. The molecule has 0 radical (unpaired) electrons. The molecule has 1 aromatic heterocycles. The lowest BCUT2D eigenvalue weighted by atomic mass is 10.1. The summed E-state index contributed by atoms with van der Waals surface area (Å²) in [7, 11) is 1.50. The average Bonchev–Trinajstić information content (AvgIpc) is 2.43. The SMILES string of the molecule is COc1cccc(C(=O)Cn2[nH]c(=O)ccc2=O)c1. The number of benzene rings is 1. The lowest BCUT2D eigenvalue weighted by Gasteiger charge is -2.05. The van der Waals surface area contributed by atoms with Gasteiger partial charge in [0.2, 0.25) is 0 Å². The quantitative estimate of drug-likeness (QED) is 0.808. The van der Waals surface area contributed by atoms with Crippen molar-refractivity contribution in [2.24, 2.45) is 0 Å². The van der Waals surface area contributed by atoms with E-state index in [0.29, 0.717) is 11.3 Å². The molecule has 0 fully saturated rings. The van der Waals surface area contributed by atoms with Crippen LogP contribution in [-0.4, -0.2) is 22.7 Å². The summed E-state index contributed by atoms with van der Waals surface area (Å²) in [6, 6.07) is 8.84. The summed E-state index contributed by atoms with van der Waals surface area (Å²) in [4.78, 5) is 34.6.